The van der Waals surface area contributed by atoms with Crippen molar-refractivity contribution in [3.8, 4) is 0 Å². The first-order chi connectivity index (χ1) is 8.19. The largest absolute Gasteiger partial charge is 0.362 e. The fourth-order valence-electron chi connectivity index (χ4n) is 1.19. The number of aryl methyl sites for hydroxylation is 1. The fraction of sp³-hybridized carbons (Fsp3) is 0.250. The van der Waals surface area contributed by atoms with Crippen LogP contribution in [0.25, 0.3) is 0 Å². The minimum absolute atomic E-state index is 0.338. The van der Waals surface area contributed by atoms with E-state index in [1.807, 2.05) is 7.05 Å². The van der Waals surface area contributed by atoms with Gasteiger partial charge in [-0.05, 0) is 15.9 Å². The second kappa shape index (κ2) is 5.06. The third-order valence-electron chi connectivity index (χ3n) is 1.93. The van der Waals surface area contributed by atoms with Crippen LogP contribution in [-0.2, 0) is 13.6 Å². The molecule has 0 aliphatic heterocycles. The quantitative estimate of drug-likeness (QED) is 0.549. The van der Waals surface area contributed by atoms with Gasteiger partial charge in [-0.3, -0.25) is 10.1 Å². The minimum Gasteiger partial charge on any atom is -0.362 e. The Hall–Kier alpha value is -1.74. The molecular formula is C8H11BrN8. The lowest BCUT2D eigenvalue weighted by Gasteiger charge is -2.06. The van der Waals surface area contributed by atoms with Crippen molar-refractivity contribution in [2.24, 2.45) is 12.9 Å². The van der Waals surface area contributed by atoms with Gasteiger partial charge in [-0.15, -0.1) is 0 Å². The molecule has 0 aliphatic carbocycles. The second-order valence-corrected chi connectivity index (χ2v) is 4.08. The highest BCUT2D eigenvalue weighted by Crippen LogP contribution is 2.19. The SMILES string of the molecule is Cn1cnc(CNc2nc(NN)ncc2Br)n1. The van der Waals surface area contributed by atoms with Crippen LogP contribution in [0.3, 0.4) is 0 Å². The summed E-state index contributed by atoms with van der Waals surface area (Å²) in [7, 11) is 1.81. The molecule has 0 saturated carbocycles. The van der Waals surface area contributed by atoms with Crippen molar-refractivity contribution in [3.05, 3.63) is 22.8 Å². The summed E-state index contributed by atoms with van der Waals surface area (Å²) in [5, 5.41) is 7.23. The number of nitrogens with zero attached hydrogens (tertiary/aromatic N) is 5. The number of nitrogens with one attached hydrogen (secondary N) is 2. The molecule has 8 nitrogen and oxygen atoms in total. The van der Waals surface area contributed by atoms with Gasteiger partial charge in [0.25, 0.3) is 0 Å². The van der Waals surface area contributed by atoms with Crippen LogP contribution < -0.4 is 16.6 Å². The molecule has 0 unspecified atom stereocenters. The van der Waals surface area contributed by atoms with E-state index in [4.69, 9.17) is 5.84 Å². The molecule has 17 heavy (non-hydrogen) atoms. The van der Waals surface area contributed by atoms with E-state index in [1.165, 1.54) is 0 Å². The molecule has 0 amide bonds. The van der Waals surface area contributed by atoms with Crippen LogP contribution in [-0.4, -0.2) is 24.7 Å². The third kappa shape index (κ3) is 2.88. The van der Waals surface area contributed by atoms with E-state index in [2.05, 4.69) is 46.7 Å². The number of hydrogen-bond acceptors (Lipinski definition) is 7. The maximum Gasteiger partial charge on any atom is 0.239 e. The summed E-state index contributed by atoms with van der Waals surface area (Å²) >= 11 is 3.34. The van der Waals surface area contributed by atoms with Crippen LogP contribution in [0.2, 0.25) is 0 Å². The van der Waals surface area contributed by atoms with Gasteiger partial charge in [0, 0.05) is 13.2 Å². The molecule has 90 valence electrons. The zero-order valence-corrected chi connectivity index (χ0v) is 10.6. The first-order valence-corrected chi connectivity index (χ1v) is 5.56. The van der Waals surface area contributed by atoms with Crippen LogP contribution in [0.5, 0.6) is 0 Å². The van der Waals surface area contributed by atoms with E-state index >= 15 is 0 Å². The van der Waals surface area contributed by atoms with E-state index in [1.54, 1.807) is 17.2 Å². The molecule has 0 fully saturated rings. The monoisotopic (exact) mass is 298 g/mol. The van der Waals surface area contributed by atoms with Crippen molar-refractivity contribution in [2.75, 3.05) is 10.7 Å². The minimum atomic E-state index is 0.338. The molecule has 4 N–H and O–H groups in total. The second-order valence-electron chi connectivity index (χ2n) is 3.22. The number of aromatic nitrogens is 5. The molecule has 0 atom stereocenters. The lowest BCUT2D eigenvalue weighted by Crippen LogP contribution is -2.12. The van der Waals surface area contributed by atoms with Crippen LogP contribution in [0, 0.1) is 0 Å². The Morgan fingerprint density at radius 2 is 2.29 bits per heavy atom. The Morgan fingerprint density at radius 1 is 1.47 bits per heavy atom. The summed E-state index contributed by atoms with van der Waals surface area (Å²) in [6.45, 7) is 0.473. The van der Waals surface area contributed by atoms with Crippen molar-refractivity contribution >= 4 is 27.7 Å². The Bertz CT molecular complexity index is 510. The Labute approximate surface area is 106 Å². The number of hydrogen-bond donors (Lipinski definition) is 3. The van der Waals surface area contributed by atoms with E-state index in [0.717, 1.165) is 4.47 Å². The summed E-state index contributed by atoms with van der Waals surface area (Å²) < 4.78 is 2.38. The number of hydrazine groups is 1. The molecule has 0 aliphatic rings. The average Bonchev–Trinajstić information content (AvgIpc) is 2.74. The maximum absolute atomic E-state index is 5.23. The molecule has 2 aromatic rings. The summed E-state index contributed by atoms with van der Waals surface area (Å²) in [5.41, 5.74) is 2.38. The van der Waals surface area contributed by atoms with Gasteiger partial charge in [-0.2, -0.15) is 10.1 Å². The number of nitrogen functional groups attached to an aromatic ring is 1. The molecule has 2 rings (SSSR count). The molecule has 0 saturated heterocycles. The first kappa shape index (κ1) is 11.7. The van der Waals surface area contributed by atoms with Crippen LogP contribution >= 0.6 is 15.9 Å². The van der Waals surface area contributed by atoms with Gasteiger partial charge in [-0.1, -0.05) is 0 Å². The molecular weight excluding hydrogens is 288 g/mol. The molecule has 0 spiro atoms. The number of nitrogens with two attached hydrogens (primary N) is 1. The van der Waals surface area contributed by atoms with Gasteiger partial charge in [0.05, 0.1) is 11.0 Å². The normalized spacial score (nSPS) is 10.3. The summed E-state index contributed by atoms with van der Waals surface area (Å²) in [5.74, 6) is 6.88. The van der Waals surface area contributed by atoms with Crippen molar-refractivity contribution < 1.29 is 0 Å². The van der Waals surface area contributed by atoms with E-state index < -0.39 is 0 Å². The lowest BCUT2D eigenvalue weighted by atomic mass is 10.5. The van der Waals surface area contributed by atoms with Crippen molar-refractivity contribution in [3.63, 3.8) is 0 Å². The predicted molar refractivity (Wildman–Crippen MR) is 65.9 cm³/mol. The Balaban J connectivity index is 2.07. The van der Waals surface area contributed by atoms with Crippen molar-refractivity contribution in [1.29, 1.82) is 0 Å². The van der Waals surface area contributed by atoms with E-state index in [0.29, 0.717) is 24.1 Å². The first-order valence-electron chi connectivity index (χ1n) is 4.76. The number of rotatable bonds is 4. The van der Waals surface area contributed by atoms with Gasteiger partial charge in [-0.25, -0.2) is 15.8 Å². The molecule has 0 radical (unpaired) electrons. The topological polar surface area (TPSA) is 107 Å². The van der Waals surface area contributed by atoms with Gasteiger partial charge in [0.1, 0.15) is 12.1 Å². The number of halogens is 1. The van der Waals surface area contributed by atoms with Gasteiger partial charge < -0.3 is 5.32 Å². The Kier molecular flexibility index (Phi) is 3.49. The van der Waals surface area contributed by atoms with Gasteiger partial charge in [0.2, 0.25) is 5.95 Å². The third-order valence-corrected chi connectivity index (χ3v) is 2.51. The van der Waals surface area contributed by atoms with Crippen LogP contribution in [0.15, 0.2) is 17.0 Å². The molecule has 0 aromatic carbocycles. The zero-order valence-electron chi connectivity index (χ0n) is 9.05. The van der Waals surface area contributed by atoms with Crippen molar-refractivity contribution in [2.45, 2.75) is 6.54 Å². The van der Waals surface area contributed by atoms with Crippen molar-refractivity contribution in [1.82, 2.24) is 24.7 Å². The maximum atomic E-state index is 5.23. The zero-order chi connectivity index (χ0) is 12.3. The standard InChI is InChI=1S/C8H11BrN8/c1-17-4-13-6(16-17)3-11-7-5(9)2-12-8(14-7)15-10/h2,4H,3,10H2,1H3,(H2,11,12,14,15). The van der Waals surface area contributed by atoms with E-state index in [-0.39, 0.29) is 0 Å². The highest BCUT2D eigenvalue weighted by molar-refractivity contribution is 9.10. The highest BCUT2D eigenvalue weighted by atomic mass is 79.9. The number of anilines is 2. The van der Waals surface area contributed by atoms with Gasteiger partial charge in [0.15, 0.2) is 5.82 Å². The van der Waals surface area contributed by atoms with E-state index in [9.17, 15) is 0 Å². The molecule has 0 bridgehead atoms. The predicted octanol–water partition coefficient (Wildman–Crippen LogP) is 0.265. The average molecular weight is 299 g/mol. The Morgan fingerprint density at radius 3 is 2.94 bits per heavy atom. The lowest BCUT2D eigenvalue weighted by molar-refractivity contribution is 0.747. The molecule has 2 aromatic heterocycles. The summed E-state index contributed by atoms with van der Waals surface area (Å²) in [6.07, 6.45) is 3.25. The van der Waals surface area contributed by atoms with Gasteiger partial charge >= 0.3 is 0 Å². The molecule has 2 heterocycles. The van der Waals surface area contributed by atoms with Crippen LogP contribution in [0.4, 0.5) is 11.8 Å². The summed E-state index contributed by atoms with van der Waals surface area (Å²) in [4.78, 5) is 12.2. The fourth-order valence-corrected chi connectivity index (χ4v) is 1.52. The summed E-state index contributed by atoms with van der Waals surface area (Å²) in [6, 6.07) is 0. The highest BCUT2D eigenvalue weighted by Gasteiger charge is 2.05. The van der Waals surface area contributed by atoms with Crippen LogP contribution in [0.1, 0.15) is 5.82 Å². The molecule has 9 heteroatoms. The smallest absolute Gasteiger partial charge is 0.239 e.